The molecular weight excluding hydrogens is 642 g/mol. The van der Waals surface area contributed by atoms with Crippen LogP contribution in [0.1, 0.15) is 29.3 Å². The Morgan fingerprint density at radius 3 is 2.53 bits per heavy atom. The van der Waals surface area contributed by atoms with E-state index in [0.717, 1.165) is 5.56 Å². The molecule has 0 aliphatic carbocycles. The summed E-state index contributed by atoms with van der Waals surface area (Å²) < 4.78 is 36.1. The number of benzene rings is 2. The number of nitriles is 1. The van der Waals surface area contributed by atoms with Gasteiger partial charge in [0.15, 0.2) is 29.6 Å². The second-order valence-electron chi connectivity index (χ2n) is 11.8. The van der Waals surface area contributed by atoms with Crippen LogP contribution in [0.25, 0.3) is 16.9 Å². The maximum atomic E-state index is 15.0. The van der Waals surface area contributed by atoms with Gasteiger partial charge in [-0.1, -0.05) is 0 Å². The van der Waals surface area contributed by atoms with E-state index in [-0.39, 0.29) is 35.3 Å². The van der Waals surface area contributed by atoms with Crippen LogP contribution in [0.4, 0.5) is 20.3 Å². The number of carboxylic acid groups (broad SMARTS) is 1. The van der Waals surface area contributed by atoms with E-state index in [2.05, 4.69) is 20.6 Å². The number of halogens is 2. The van der Waals surface area contributed by atoms with Gasteiger partial charge in [-0.25, -0.2) is 14.4 Å². The summed E-state index contributed by atoms with van der Waals surface area (Å²) >= 11 is 0. The van der Waals surface area contributed by atoms with Gasteiger partial charge in [0.25, 0.3) is 12.4 Å². The minimum Gasteiger partial charge on any atom is -0.483 e. The SMILES string of the molecule is Cc1cc(Nc2nccn3c(-c4ccc(OCC#N)c(F)c4F)cnc23)ccc1C(=O)N1CCN(C(=O)[C@@H]2C[C@@](C)(O)CN2)CC1.O=CO. The van der Waals surface area contributed by atoms with Gasteiger partial charge in [0.2, 0.25) is 11.7 Å². The number of amides is 2. The quantitative estimate of drug-likeness (QED) is 0.211. The fraction of sp³-hybridized carbons (Fsp3) is 0.333. The molecule has 2 fully saturated rings. The highest BCUT2D eigenvalue weighted by Crippen LogP contribution is 2.32. The first-order valence-corrected chi connectivity index (χ1v) is 15.3. The van der Waals surface area contributed by atoms with Gasteiger partial charge in [0.05, 0.1) is 23.5 Å². The molecule has 2 atom stereocenters. The first-order valence-electron chi connectivity index (χ1n) is 15.3. The molecule has 49 heavy (non-hydrogen) atoms. The van der Waals surface area contributed by atoms with Gasteiger partial charge in [0, 0.05) is 68.4 Å². The van der Waals surface area contributed by atoms with Gasteiger partial charge in [-0.15, -0.1) is 0 Å². The lowest BCUT2D eigenvalue weighted by Gasteiger charge is -2.36. The number of β-amino-alcohol motifs (C(OH)–C–C–N with tert-alkyl or cyclic N) is 1. The van der Waals surface area contributed by atoms with Crippen molar-refractivity contribution >= 4 is 35.4 Å². The highest BCUT2D eigenvalue weighted by atomic mass is 19.2. The number of aryl methyl sites for hydroxylation is 1. The fourth-order valence-corrected chi connectivity index (χ4v) is 5.90. The highest BCUT2D eigenvalue weighted by molar-refractivity contribution is 5.96. The summed E-state index contributed by atoms with van der Waals surface area (Å²) in [6.07, 6.45) is 4.85. The second kappa shape index (κ2) is 14.6. The molecule has 16 heteroatoms. The number of piperazine rings is 1. The molecule has 2 amide bonds. The highest BCUT2D eigenvalue weighted by Gasteiger charge is 2.39. The Morgan fingerprint density at radius 2 is 1.88 bits per heavy atom. The van der Waals surface area contributed by atoms with Crippen LogP contribution in [-0.4, -0.2) is 104 Å². The zero-order valence-electron chi connectivity index (χ0n) is 26.7. The maximum Gasteiger partial charge on any atom is 0.290 e. The van der Waals surface area contributed by atoms with E-state index >= 15 is 0 Å². The fourth-order valence-electron chi connectivity index (χ4n) is 5.90. The Hall–Kier alpha value is -5.66. The molecule has 4 heterocycles. The summed E-state index contributed by atoms with van der Waals surface area (Å²) in [5.74, 6) is -2.51. The van der Waals surface area contributed by atoms with Crippen molar-refractivity contribution in [1.82, 2.24) is 29.5 Å². The molecule has 4 N–H and O–H groups in total. The van der Waals surface area contributed by atoms with E-state index in [4.69, 9.17) is 19.9 Å². The molecule has 0 saturated carbocycles. The van der Waals surface area contributed by atoms with Crippen LogP contribution in [0.2, 0.25) is 0 Å². The van der Waals surface area contributed by atoms with Crippen LogP contribution in [-0.2, 0) is 9.59 Å². The number of rotatable bonds is 7. The van der Waals surface area contributed by atoms with Gasteiger partial charge in [-0.05, 0) is 49.7 Å². The Balaban J connectivity index is 0.00000151. The molecule has 2 aromatic carbocycles. The minimum absolute atomic E-state index is 0.0429. The lowest BCUT2D eigenvalue weighted by Crippen LogP contribution is -2.54. The van der Waals surface area contributed by atoms with Crippen LogP contribution in [0.3, 0.4) is 0 Å². The molecule has 0 spiro atoms. The van der Waals surface area contributed by atoms with Crippen molar-refractivity contribution < 1.29 is 38.1 Å². The lowest BCUT2D eigenvalue weighted by atomic mass is 10.0. The standard InChI is InChI=1S/C32H32F2N8O4.CH2O2/c1-19-15-20(3-4-21(19)30(43)40-10-12-41(13-11-40)31(44)23-16-32(2,45)18-38-23)39-28-29-37-17-24(42(29)9-8-36-28)22-5-6-25(46-14-7-35)27(34)26(22)33;2-1-3/h3-6,8-9,15,17,23,38,45H,10-14,16,18H2,1-2H3,(H,36,39);1H,(H,2,3)/t23-,32+;/m0./s1. The van der Waals surface area contributed by atoms with Crippen molar-refractivity contribution in [3.8, 4) is 23.1 Å². The minimum atomic E-state index is -1.20. The summed E-state index contributed by atoms with van der Waals surface area (Å²) in [5.41, 5.74) is 1.62. The van der Waals surface area contributed by atoms with Gasteiger partial charge in [-0.3, -0.25) is 18.8 Å². The van der Waals surface area contributed by atoms with Crippen molar-refractivity contribution in [2.45, 2.75) is 31.9 Å². The summed E-state index contributed by atoms with van der Waals surface area (Å²) in [6, 6.07) is 9.22. The number of carbonyl (C=O) groups is 3. The van der Waals surface area contributed by atoms with Gasteiger partial charge in [-0.2, -0.15) is 9.65 Å². The molecule has 2 saturated heterocycles. The first-order chi connectivity index (χ1) is 23.5. The number of imidazole rings is 1. The number of nitrogens with one attached hydrogen (secondary N) is 2. The summed E-state index contributed by atoms with van der Waals surface area (Å²) in [6.45, 7) is 4.90. The number of carbonyl (C=O) groups excluding carboxylic acids is 2. The predicted molar refractivity (Wildman–Crippen MR) is 172 cm³/mol. The number of ether oxygens (including phenoxy) is 1. The summed E-state index contributed by atoms with van der Waals surface area (Å²) in [7, 11) is 0. The number of nitrogens with zero attached hydrogens (tertiary/aromatic N) is 6. The first kappa shape index (κ1) is 34.7. The van der Waals surface area contributed by atoms with E-state index in [1.165, 1.54) is 24.5 Å². The average molecular weight is 677 g/mol. The van der Waals surface area contributed by atoms with Crippen molar-refractivity contribution in [3.63, 3.8) is 0 Å². The van der Waals surface area contributed by atoms with Crippen LogP contribution in [0, 0.1) is 29.9 Å². The van der Waals surface area contributed by atoms with Crippen molar-refractivity contribution in [1.29, 1.82) is 5.26 Å². The predicted octanol–water partition coefficient (Wildman–Crippen LogP) is 2.73. The van der Waals surface area contributed by atoms with Crippen molar-refractivity contribution in [3.05, 3.63) is 71.7 Å². The van der Waals surface area contributed by atoms with E-state index in [9.17, 15) is 23.5 Å². The zero-order chi connectivity index (χ0) is 35.3. The molecule has 2 aliphatic heterocycles. The Kier molecular flexibility index (Phi) is 10.3. The topological polar surface area (TPSA) is 185 Å². The van der Waals surface area contributed by atoms with Gasteiger partial charge in [0.1, 0.15) is 6.07 Å². The molecule has 0 radical (unpaired) electrons. The van der Waals surface area contributed by atoms with Crippen LogP contribution >= 0.6 is 0 Å². The third kappa shape index (κ3) is 7.42. The van der Waals surface area contributed by atoms with E-state index < -0.39 is 29.9 Å². The van der Waals surface area contributed by atoms with Gasteiger partial charge < -0.3 is 35.4 Å². The third-order valence-corrected chi connectivity index (χ3v) is 8.31. The molecule has 14 nitrogen and oxygen atoms in total. The summed E-state index contributed by atoms with van der Waals surface area (Å²) in [5, 5.41) is 32.0. The smallest absolute Gasteiger partial charge is 0.290 e. The Labute approximate surface area is 279 Å². The molecule has 256 valence electrons. The lowest BCUT2D eigenvalue weighted by molar-refractivity contribution is -0.135. The maximum absolute atomic E-state index is 15.0. The van der Waals surface area contributed by atoms with E-state index in [1.807, 2.05) is 13.0 Å². The van der Waals surface area contributed by atoms with E-state index in [0.29, 0.717) is 61.9 Å². The number of hydrogen-bond acceptors (Lipinski definition) is 10. The average Bonchev–Trinajstić information content (AvgIpc) is 3.69. The molecule has 0 unspecified atom stereocenters. The molecule has 2 aromatic heterocycles. The Morgan fingerprint density at radius 1 is 1.16 bits per heavy atom. The van der Waals surface area contributed by atoms with Crippen molar-refractivity contribution in [2.24, 2.45) is 0 Å². The molecule has 0 bridgehead atoms. The third-order valence-electron chi connectivity index (χ3n) is 8.31. The van der Waals surface area contributed by atoms with Crippen LogP contribution in [0.15, 0.2) is 48.9 Å². The Bertz CT molecular complexity index is 1920. The van der Waals surface area contributed by atoms with Gasteiger partial charge >= 0.3 is 0 Å². The number of aromatic nitrogens is 3. The summed E-state index contributed by atoms with van der Waals surface area (Å²) in [4.78, 5) is 46.9. The van der Waals surface area contributed by atoms with E-state index in [1.54, 1.807) is 45.5 Å². The molecule has 6 rings (SSSR count). The monoisotopic (exact) mass is 676 g/mol. The number of aliphatic hydroxyl groups is 1. The molecular formula is C33H34F2N8O6. The van der Waals surface area contributed by atoms with Crippen LogP contribution < -0.4 is 15.4 Å². The second-order valence-corrected chi connectivity index (χ2v) is 11.8. The number of anilines is 2. The number of fused-ring (bicyclic) bond motifs is 1. The largest absolute Gasteiger partial charge is 0.483 e. The number of hydrogen-bond donors (Lipinski definition) is 4. The molecule has 4 aromatic rings. The van der Waals surface area contributed by atoms with Crippen molar-refractivity contribution in [2.75, 3.05) is 44.6 Å². The van der Waals surface area contributed by atoms with Crippen LogP contribution in [0.5, 0.6) is 5.75 Å². The molecule has 2 aliphatic rings. The normalized spacial score (nSPS) is 18.7. The zero-order valence-corrected chi connectivity index (χ0v) is 26.7.